The van der Waals surface area contributed by atoms with Gasteiger partial charge in [0.25, 0.3) is 5.91 Å². The van der Waals surface area contributed by atoms with E-state index in [1.807, 2.05) is 56.4 Å². The van der Waals surface area contributed by atoms with Crippen molar-refractivity contribution in [2.75, 3.05) is 32.1 Å². The van der Waals surface area contributed by atoms with Crippen LogP contribution in [0.15, 0.2) is 72.8 Å². The van der Waals surface area contributed by atoms with Gasteiger partial charge in [-0.2, -0.15) is 0 Å². The third-order valence-electron chi connectivity index (χ3n) is 8.73. The van der Waals surface area contributed by atoms with Crippen LogP contribution in [0.1, 0.15) is 61.9 Å². The lowest BCUT2D eigenvalue weighted by Crippen LogP contribution is -2.50. The molecule has 0 spiro atoms. The Morgan fingerprint density at radius 2 is 1.73 bits per heavy atom. The molecule has 3 amide bonds. The first-order valence-electron chi connectivity index (χ1n) is 16.1. The maximum absolute atomic E-state index is 13.8. The van der Waals surface area contributed by atoms with Gasteiger partial charge < -0.3 is 30.1 Å². The highest BCUT2D eigenvalue weighted by Crippen LogP contribution is 2.35. The fourth-order valence-corrected chi connectivity index (χ4v) is 6.12. The summed E-state index contributed by atoms with van der Waals surface area (Å²) in [6.45, 7) is 5.47. The summed E-state index contributed by atoms with van der Waals surface area (Å²) in [6, 6.07) is 22.5. The van der Waals surface area contributed by atoms with Gasteiger partial charge in [0, 0.05) is 31.6 Å². The zero-order chi connectivity index (χ0) is 31.8. The van der Waals surface area contributed by atoms with E-state index >= 15 is 0 Å². The van der Waals surface area contributed by atoms with Crippen molar-refractivity contribution < 1.29 is 24.2 Å². The predicted molar refractivity (Wildman–Crippen MR) is 176 cm³/mol. The lowest BCUT2D eigenvalue weighted by molar-refractivity contribution is 0.0343. The van der Waals surface area contributed by atoms with E-state index in [0.717, 1.165) is 42.7 Å². The van der Waals surface area contributed by atoms with E-state index in [0.29, 0.717) is 36.6 Å². The summed E-state index contributed by atoms with van der Waals surface area (Å²) in [5.74, 6) is 1.66. The number of nitrogens with one attached hydrogen (secondary N) is 2. The average Bonchev–Trinajstić information content (AvgIpc) is 3.04. The standard InChI is InChI=1S/C36H46N4O5/c1-25-21-40(26(2)24-41)35(42)31-15-10-16-32(38-36(43)37-28-11-6-4-7-12-28)34(31)45-33(25)23-39(3)22-27-17-19-30(20-18-27)44-29-13-8-5-9-14-29/h5,8-10,13-20,25-26,28,33,41H,4,6-7,11-12,21-24H2,1-3H3,(H2,37,38,43)/t25-,26+,33-/m1/s1. The minimum absolute atomic E-state index is 0.0516. The molecule has 45 heavy (non-hydrogen) atoms. The number of aliphatic hydroxyl groups is 1. The Balaban J connectivity index is 1.32. The molecule has 5 rings (SSSR count). The number of urea groups is 1. The lowest BCUT2D eigenvalue weighted by atomic mass is 9.96. The molecule has 0 unspecified atom stereocenters. The first-order chi connectivity index (χ1) is 21.8. The van der Waals surface area contributed by atoms with Gasteiger partial charge in [-0.05, 0) is 68.8 Å². The van der Waals surface area contributed by atoms with Gasteiger partial charge in [-0.1, -0.05) is 62.6 Å². The number of ether oxygens (including phenoxy) is 2. The fraction of sp³-hybridized carbons (Fsp3) is 0.444. The van der Waals surface area contributed by atoms with Gasteiger partial charge in [0.2, 0.25) is 0 Å². The summed E-state index contributed by atoms with van der Waals surface area (Å²) in [5.41, 5.74) is 1.96. The number of fused-ring (bicyclic) bond motifs is 1. The molecule has 0 radical (unpaired) electrons. The summed E-state index contributed by atoms with van der Waals surface area (Å²) in [5, 5.41) is 16.1. The van der Waals surface area contributed by atoms with Crippen molar-refractivity contribution in [2.45, 2.75) is 70.7 Å². The first-order valence-corrected chi connectivity index (χ1v) is 16.1. The van der Waals surface area contributed by atoms with Gasteiger partial charge in [-0.15, -0.1) is 0 Å². The molecule has 0 aromatic heterocycles. The number of hydrogen-bond acceptors (Lipinski definition) is 6. The van der Waals surface area contributed by atoms with Crippen molar-refractivity contribution in [2.24, 2.45) is 5.92 Å². The van der Waals surface area contributed by atoms with Crippen molar-refractivity contribution in [3.63, 3.8) is 0 Å². The van der Waals surface area contributed by atoms with Crippen LogP contribution in [0.5, 0.6) is 17.2 Å². The highest BCUT2D eigenvalue weighted by atomic mass is 16.5. The minimum atomic E-state index is -0.368. The molecular formula is C36H46N4O5. The number of amides is 3. The summed E-state index contributed by atoms with van der Waals surface area (Å²) < 4.78 is 12.6. The van der Waals surface area contributed by atoms with Crippen molar-refractivity contribution in [1.82, 2.24) is 15.1 Å². The quantitative estimate of drug-likeness (QED) is 0.248. The van der Waals surface area contributed by atoms with Crippen LogP contribution in [0.2, 0.25) is 0 Å². The average molecular weight is 615 g/mol. The number of rotatable bonds is 10. The van der Waals surface area contributed by atoms with Gasteiger partial charge in [-0.3, -0.25) is 9.69 Å². The number of para-hydroxylation sites is 2. The van der Waals surface area contributed by atoms with E-state index in [-0.39, 0.29) is 42.7 Å². The lowest BCUT2D eigenvalue weighted by Gasteiger charge is -2.38. The summed E-state index contributed by atoms with van der Waals surface area (Å²) in [6.07, 6.45) is 5.07. The van der Waals surface area contributed by atoms with E-state index in [2.05, 4.69) is 34.6 Å². The second-order valence-corrected chi connectivity index (χ2v) is 12.5. The summed E-state index contributed by atoms with van der Waals surface area (Å²) in [7, 11) is 2.05. The SMILES string of the molecule is C[C@@H]1CN([C@@H](C)CO)C(=O)c2cccc(NC(=O)NC3CCCCC3)c2O[C@@H]1CN(C)Cc1ccc(Oc2ccccc2)cc1. The van der Waals surface area contributed by atoms with Gasteiger partial charge in [0.1, 0.15) is 17.6 Å². The molecule has 1 aliphatic heterocycles. The molecule has 1 saturated carbocycles. The normalized spacial score (nSPS) is 19.6. The van der Waals surface area contributed by atoms with Crippen LogP contribution in [0.25, 0.3) is 0 Å². The van der Waals surface area contributed by atoms with E-state index < -0.39 is 0 Å². The van der Waals surface area contributed by atoms with Gasteiger partial charge in [0.15, 0.2) is 5.75 Å². The summed E-state index contributed by atoms with van der Waals surface area (Å²) in [4.78, 5) is 30.8. The van der Waals surface area contributed by atoms with Gasteiger partial charge in [0.05, 0.1) is 23.9 Å². The highest BCUT2D eigenvalue weighted by molar-refractivity contribution is 6.01. The molecule has 3 aromatic carbocycles. The number of aliphatic hydroxyl groups excluding tert-OH is 1. The first kappa shape index (κ1) is 32.3. The number of hydrogen-bond donors (Lipinski definition) is 3. The number of anilines is 1. The minimum Gasteiger partial charge on any atom is -0.486 e. The van der Waals surface area contributed by atoms with E-state index in [1.54, 1.807) is 23.1 Å². The van der Waals surface area contributed by atoms with Gasteiger partial charge >= 0.3 is 6.03 Å². The monoisotopic (exact) mass is 614 g/mol. The summed E-state index contributed by atoms with van der Waals surface area (Å²) >= 11 is 0. The molecule has 240 valence electrons. The molecule has 3 aromatic rings. The molecule has 9 heteroatoms. The molecule has 9 nitrogen and oxygen atoms in total. The molecule has 1 aliphatic carbocycles. The Hall–Kier alpha value is -4.08. The molecule has 1 fully saturated rings. The maximum atomic E-state index is 13.8. The number of likely N-dealkylation sites (N-methyl/N-ethyl adjacent to an activating group) is 1. The second kappa shape index (κ2) is 15.3. The Morgan fingerprint density at radius 1 is 1.02 bits per heavy atom. The fourth-order valence-electron chi connectivity index (χ4n) is 6.12. The predicted octanol–water partition coefficient (Wildman–Crippen LogP) is 6.29. The largest absolute Gasteiger partial charge is 0.486 e. The topological polar surface area (TPSA) is 103 Å². The second-order valence-electron chi connectivity index (χ2n) is 12.5. The number of nitrogens with zero attached hydrogens (tertiary/aromatic N) is 2. The maximum Gasteiger partial charge on any atom is 0.319 e. The third-order valence-corrected chi connectivity index (χ3v) is 8.73. The van der Waals surface area contributed by atoms with Crippen molar-refractivity contribution in [3.05, 3.63) is 83.9 Å². The molecule has 0 saturated heterocycles. The van der Waals surface area contributed by atoms with Crippen LogP contribution in [-0.2, 0) is 6.54 Å². The van der Waals surface area contributed by atoms with Crippen LogP contribution in [0.3, 0.4) is 0 Å². The third kappa shape index (κ3) is 8.55. The van der Waals surface area contributed by atoms with Crippen molar-refractivity contribution >= 4 is 17.6 Å². The molecule has 1 heterocycles. The number of benzene rings is 3. The number of carbonyl (C=O) groups excluding carboxylic acids is 2. The van der Waals surface area contributed by atoms with E-state index in [4.69, 9.17) is 9.47 Å². The van der Waals surface area contributed by atoms with Crippen molar-refractivity contribution in [3.8, 4) is 17.2 Å². The molecular weight excluding hydrogens is 568 g/mol. The Morgan fingerprint density at radius 3 is 2.44 bits per heavy atom. The Labute approximate surface area is 266 Å². The van der Waals surface area contributed by atoms with Gasteiger partial charge in [-0.25, -0.2) is 4.79 Å². The molecule has 0 bridgehead atoms. The van der Waals surface area contributed by atoms with Crippen LogP contribution in [0, 0.1) is 5.92 Å². The Kier molecular flexibility index (Phi) is 11.0. The van der Waals surface area contributed by atoms with Crippen LogP contribution in [0.4, 0.5) is 10.5 Å². The smallest absolute Gasteiger partial charge is 0.319 e. The zero-order valence-corrected chi connectivity index (χ0v) is 26.6. The van der Waals surface area contributed by atoms with Crippen LogP contribution >= 0.6 is 0 Å². The molecule has 3 atom stereocenters. The van der Waals surface area contributed by atoms with E-state index in [1.165, 1.54) is 6.42 Å². The highest BCUT2D eigenvalue weighted by Gasteiger charge is 2.34. The molecule has 2 aliphatic rings. The zero-order valence-electron chi connectivity index (χ0n) is 26.6. The number of carbonyl (C=O) groups is 2. The van der Waals surface area contributed by atoms with E-state index in [9.17, 15) is 14.7 Å². The van der Waals surface area contributed by atoms with Crippen molar-refractivity contribution in [1.29, 1.82) is 0 Å². The Bertz CT molecular complexity index is 1410. The van der Waals surface area contributed by atoms with Crippen LogP contribution < -0.4 is 20.1 Å². The molecule has 3 N–H and O–H groups in total. The van der Waals surface area contributed by atoms with Crippen LogP contribution in [-0.4, -0.2) is 71.8 Å².